The Labute approximate surface area is 167 Å². The lowest BCUT2D eigenvalue weighted by Crippen LogP contribution is -2.36. The fourth-order valence-electron chi connectivity index (χ4n) is 3.27. The molecule has 1 aromatic heterocycles. The van der Waals surface area contributed by atoms with Gasteiger partial charge in [0.2, 0.25) is 5.89 Å². The highest BCUT2D eigenvalue weighted by molar-refractivity contribution is 6.36. The summed E-state index contributed by atoms with van der Waals surface area (Å²) in [6.07, 6.45) is 3.16. The van der Waals surface area contributed by atoms with Gasteiger partial charge in [0, 0.05) is 29.2 Å². The van der Waals surface area contributed by atoms with E-state index in [1.807, 2.05) is 35.2 Å². The summed E-state index contributed by atoms with van der Waals surface area (Å²) in [6, 6.07) is 14.6. The van der Waals surface area contributed by atoms with Gasteiger partial charge in [0.1, 0.15) is 0 Å². The van der Waals surface area contributed by atoms with Gasteiger partial charge in [-0.3, -0.25) is 4.79 Å². The Morgan fingerprint density at radius 3 is 2.44 bits per heavy atom. The second-order valence-electron chi connectivity index (χ2n) is 6.54. The van der Waals surface area contributed by atoms with Crippen LogP contribution in [-0.4, -0.2) is 28.9 Å². The molecule has 6 heteroatoms. The normalized spacial score (nSPS) is 14.4. The monoisotopic (exact) mass is 400 g/mol. The summed E-state index contributed by atoms with van der Waals surface area (Å²) in [5.74, 6) is 0.657. The second kappa shape index (κ2) is 7.75. The summed E-state index contributed by atoms with van der Waals surface area (Å²) >= 11 is 12.4. The van der Waals surface area contributed by atoms with Crippen LogP contribution < -0.4 is 0 Å². The van der Waals surface area contributed by atoms with E-state index < -0.39 is 0 Å². The topological polar surface area (TPSA) is 46.3 Å². The van der Waals surface area contributed by atoms with Crippen LogP contribution in [0.15, 0.2) is 52.9 Å². The zero-order valence-electron chi connectivity index (χ0n) is 14.6. The smallest absolute Gasteiger partial charge is 0.276 e. The highest BCUT2D eigenvalue weighted by atomic mass is 35.5. The third-order valence-electron chi connectivity index (χ3n) is 4.67. The molecule has 0 bridgehead atoms. The molecular formula is C21H18Cl2N2O2. The van der Waals surface area contributed by atoms with Crippen molar-refractivity contribution in [3.63, 3.8) is 0 Å². The molecule has 0 unspecified atom stereocenters. The maximum absolute atomic E-state index is 13.2. The number of amides is 1. The maximum atomic E-state index is 13.2. The first-order valence-corrected chi connectivity index (χ1v) is 9.70. The minimum atomic E-state index is -0.123. The van der Waals surface area contributed by atoms with Crippen LogP contribution in [0.5, 0.6) is 0 Å². The van der Waals surface area contributed by atoms with Crippen molar-refractivity contribution in [2.24, 2.45) is 0 Å². The third kappa shape index (κ3) is 3.73. The quantitative estimate of drug-likeness (QED) is 0.546. The first kappa shape index (κ1) is 18.1. The minimum Gasteiger partial charge on any atom is -0.435 e. The lowest BCUT2D eigenvalue weighted by atomic mass is 10.1. The predicted octanol–water partition coefficient (Wildman–Crippen LogP) is 5.94. The molecule has 1 saturated heterocycles. The molecule has 4 rings (SSSR count). The third-order valence-corrected chi connectivity index (χ3v) is 5.22. The van der Waals surface area contributed by atoms with Crippen LogP contribution in [-0.2, 0) is 0 Å². The van der Waals surface area contributed by atoms with Crippen LogP contribution in [0.4, 0.5) is 0 Å². The van der Waals surface area contributed by atoms with Crippen molar-refractivity contribution in [2.45, 2.75) is 19.3 Å². The van der Waals surface area contributed by atoms with Gasteiger partial charge in [-0.25, -0.2) is 4.98 Å². The molecule has 3 aromatic rings. The van der Waals surface area contributed by atoms with Crippen molar-refractivity contribution in [1.29, 1.82) is 0 Å². The predicted molar refractivity (Wildman–Crippen MR) is 107 cm³/mol. The Bertz CT molecular complexity index is 964. The van der Waals surface area contributed by atoms with Crippen molar-refractivity contribution in [1.82, 2.24) is 9.88 Å². The van der Waals surface area contributed by atoms with Gasteiger partial charge in [-0.15, -0.1) is 0 Å². The van der Waals surface area contributed by atoms with Crippen molar-refractivity contribution in [3.8, 4) is 22.8 Å². The number of halogens is 2. The minimum absolute atomic E-state index is 0.123. The Kier molecular flexibility index (Phi) is 5.19. The van der Waals surface area contributed by atoms with Crippen LogP contribution in [0.25, 0.3) is 22.8 Å². The molecule has 4 nitrogen and oxygen atoms in total. The number of benzene rings is 2. The van der Waals surface area contributed by atoms with Crippen LogP contribution in [0, 0.1) is 0 Å². The van der Waals surface area contributed by atoms with E-state index in [9.17, 15) is 4.79 Å². The number of piperidine rings is 1. The van der Waals surface area contributed by atoms with Crippen molar-refractivity contribution >= 4 is 29.1 Å². The van der Waals surface area contributed by atoms with Crippen LogP contribution in [0.1, 0.15) is 29.8 Å². The number of rotatable bonds is 3. The van der Waals surface area contributed by atoms with Gasteiger partial charge < -0.3 is 9.32 Å². The molecule has 0 spiro atoms. The summed E-state index contributed by atoms with van der Waals surface area (Å²) in [6.45, 7) is 1.47. The van der Waals surface area contributed by atoms with Gasteiger partial charge in [-0.2, -0.15) is 0 Å². The van der Waals surface area contributed by atoms with E-state index >= 15 is 0 Å². The maximum Gasteiger partial charge on any atom is 0.276 e. The molecule has 1 aliphatic rings. The van der Waals surface area contributed by atoms with Gasteiger partial charge >= 0.3 is 0 Å². The Morgan fingerprint density at radius 2 is 1.74 bits per heavy atom. The van der Waals surface area contributed by atoms with E-state index in [0.717, 1.165) is 37.9 Å². The van der Waals surface area contributed by atoms with Crippen LogP contribution in [0.3, 0.4) is 0 Å². The highest BCUT2D eigenvalue weighted by Crippen LogP contribution is 2.36. The van der Waals surface area contributed by atoms with Gasteiger partial charge in [-0.1, -0.05) is 41.4 Å². The lowest BCUT2D eigenvalue weighted by molar-refractivity contribution is 0.0719. The molecule has 0 aliphatic carbocycles. The fraction of sp³-hybridized carbons (Fsp3) is 0.238. The molecule has 1 amide bonds. The van der Waals surface area contributed by atoms with E-state index in [1.54, 1.807) is 18.2 Å². The number of hydrogen-bond acceptors (Lipinski definition) is 3. The SMILES string of the molecule is O=C(c1nc(-c2ccccc2)oc1-c1ccc(Cl)cc1Cl)N1CCCCC1. The molecule has 27 heavy (non-hydrogen) atoms. The van der Waals surface area contributed by atoms with E-state index in [-0.39, 0.29) is 5.91 Å². The number of nitrogens with zero attached hydrogens (tertiary/aromatic N) is 2. The first-order chi connectivity index (χ1) is 13.1. The molecule has 1 aliphatic heterocycles. The Morgan fingerprint density at radius 1 is 1.00 bits per heavy atom. The molecule has 2 aromatic carbocycles. The second-order valence-corrected chi connectivity index (χ2v) is 7.38. The molecule has 0 atom stereocenters. The van der Waals surface area contributed by atoms with Gasteiger partial charge in [0.25, 0.3) is 5.91 Å². The summed E-state index contributed by atoms with van der Waals surface area (Å²) in [7, 11) is 0. The fourth-order valence-corrected chi connectivity index (χ4v) is 3.77. The molecule has 0 radical (unpaired) electrons. The summed E-state index contributed by atoms with van der Waals surface area (Å²) in [5, 5.41) is 0.946. The van der Waals surface area contributed by atoms with E-state index in [2.05, 4.69) is 4.98 Å². The van der Waals surface area contributed by atoms with Crippen molar-refractivity contribution in [2.75, 3.05) is 13.1 Å². The standard InChI is InChI=1S/C21H18Cl2N2O2/c22-15-9-10-16(17(23)13-15)19-18(21(26)25-11-5-2-6-12-25)24-20(27-19)14-7-3-1-4-8-14/h1,3-4,7-10,13H,2,5-6,11-12H2. The number of aromatic nitrogens is 1. The molecule has 0 N–H and O–H groups in total. The Balaban J connectivity index is 1.82. The highest BCUT2D eigenvalue weighted by Gasteiger charge is 2.28. The van der Waals surface area contributed by atoms with E-state index in [1.165, 1.54) is 0 Å². The first-order valence-electron chi connectivity index (χ1n) is 8.94. The van der Waals surface area contributed by atoms with Crippen molar-refractivity contribution in [3.05, 3.63) is 64.3 Å². The van der Waals surface area contributed by atoms with Gasteiger partial charge in [-0.05, 0) is 49.6 Å². The van der Waals surface area contributed by atoms with Crippen LogP contribution in [0.2, 0.25) is 10.0 Å². The molecule has 138 valence electrons. The number of oxazole rings is 1. The average Bonchev–Trinajstić information content (AvgIpc) is 3.14. The summed E-state index contributed by atoms with van der Waals surface area (Å²) < 4.78 is 6.03. The summed E-state index contributed by atoms with van der Waals surface area (Å²) in [4.78, 5) is 19.5. The van der Waals surface area contributed by atoms with Crippen molar-refractivity contribution < 1.29 is 9.21 Å². The van der Waals surface area contributed by atoms with E-state index in [0.29, 0.717) is 33.0 Å². The lowest BCUT2D eigenvalue weighted by Gasteiger charge is -2.26. The van der Waals surface area contributed by atoms with Crippen LogP contribution >= 0.6 is 23.2 Å². The summed E-state index contributed by atoms with van der Waals surface area (Å²) in [5.41, 5.74) is 1.71. The molecule has 0 saturated carbocycles. The van der Waals surface area contributed by atoms with Gasteiger partial charge in [0.05, 0.1) is 5.02 Å². The van der Waals surface area contributed by atoms with Gasteiger partial charge in [0.15, 0.2) is 11.5 Å². The average molecular weight is 401 g/mol. The molecule has 1 fully saturated rings. The zero-order valence-corrected chi connectivity index (χ0v) is 16.1. The Hall–Kier alpha value is -2.30. The number of hydrogen-bond donors (Lipinski definition) is 0. The molecular weight excluding hydrogens is 383 g/mol. The number of carbonyl (C=O) groups is 1. The largest absolute Gasteiger partial charge is 0.435 e. The zero-order chi connectivity index (χ0) is 18.8. The molecule has 2 heterocycles. The number of likely N-dealkylation sites (tertiary alicyclic amines) is 1. The van der Waals surface area contributed by atoms with E-state index in [4.69, 9.17) is 27.6 Å². The number of carbonyl (C=O) groups excluding carboxylic acids is 1.